The van der Waals surface area contributed by atoms with Crippen LogP contribution in [0.3, 0.4) is 0 Å². The summed E-state index contributed by atoms with van der Waals surface area (Å²) in [6.45, 7) is 2.95. The molecule has 1 aliphatic heterocycles. The fraction of sp³-hybridized carbons (Fsp3) is 0.412. The number of rotatable bonds is 3. The van der Waals surface area contributed by atoms with E-state index in [1.165, 1.54) is 17.4 Å². The molecule has 2 N–H and O–H groups in total. The van der Waals surface area contributed by atoms with Crippen molar-refractivity contribution in [2.24, 2.45) is 17.6 Å². The van der Waals surface area contributed by atoms with Crippen molar-refractivity contribution in [2.75, 3.05) is 13.1 Å². The molecule has 2 aromatic rings. The normalized spacial score (nSPS) is 25.0. The van der Waals surface area contributed by atoms with Gasteiger partial charge in [0.05, 0.1) is 9.88 Å². The maximum atomic E-state index is 13.6. The van der Waals surface area contributed by atoms with Crippen molar-refractivity contribution in [3.8, 4) is 10.4 Å². The Bertz CT molecular complexity index is 822. The average molecular weight is 349 g/mol. The highest BCUT2D eigenvalue weighted by Gasteiger charge is 2.53. The van der Waals surface area contributed by atoms with Crippen LogP contribution in [0.25, 0.3) is 10.4 Å². The minimum atomic E-state index is -0.931. The van der Waals surface area contributed by atoms with E-state index < -0.39 is 11.6 Å². The number of thiazole rings is 1. The number of carbonyl (C=O) groups excluding carboxylic acids is 1. The van der Waals surface area contributed by atoms with Crippen LogP contribution in [0, 0.1) is 30.4 Å². The highest BCUT2D eigenvalue weighted by molar-refractivity contribution is 7.15. The Balaban J connectivity index is 1.71. The van der Waals surface area contributed by atoms with E-state index in [0.29, 0.717) is 46.1 Å². The number of aromatic nitrogens is 1. The fourth-order valence-corrected chi connectivity index (χ4v) is 4.55. The lowest BCUT2D eigenvalue weighted by atomic mass is 10.1. The van der Waals surface area contributed by atoms with Crippen LogP contribution in [0.2, 0.25) is 0 Å². The fourth-order valence-electron chi connectivity index (χ4n) is 3.65. The van der Waals surface area contributed by atoms with Gasteiger partial charge in [-0.1, -0.05) is 6.07 Å². The van der Waals surface area contributed by atoms with E-state index in [2.05, 4.69) is 4.98 Å². The summed E-state index contributed by atoms with van der Waals surface area (Å²) in [5, 5.41) is 0.715. The van der Waals surface area contributed by atoms with Gasteiger partial charge in [-0.15, -0.1) is 11.3 Å². The van der Waals surface area contributed by atoms with Crippen LogP contribution in [0.15, 0.2) is 18.2 Å². The van der Waals surface area contributed by atoms with Crippen molar-refractivity contribution in [1.82, 2.24) is 9.88 Å². The van der Waals surface area contributed by atoms with E-state index in [1.54, 1.807) is 11.8 Å². The van der Waals surface area contributed by atoms with Gasteiger partial charge >= 0.3 is 0 Å². The van der Waals surface area contributed by atoms with Crippen LogP contribution in [0.4, 0.5) is 8.78 Å². The number of benzene rings is 1. The van der Waals surface area contributed by atoms with Gasteiger partial charge in [0.15, 0.2) is 11.6 Å². The number of halogens is 2. The van der Waals surface area contributed by atoms with E-state index in [9.17, 15) is 13.6 Å². The van der Waals surface area contributed by atoms with Gasteiger partial charge < -0.3 is 10.6 Å². The topological polar surface area (TPSA) is 59.2 Å². The molecule has 1 amide bonds. The molecule has 4 nitrogen and oxygen atoms in total. The summed E-state index contributed by atoms with van der Waals surface area (Å²) in [6, 6.07) is 3.72. The molecule has 2 heterocycles. The number of fused-ring (bicyclic) bond motifs is 1. The Morgan fingerprint density at radius 3 is 2.92 bits per heavy atom. The average Bonchev–Trinajstić information content (AvgIpc) is 3.06. The Hall–Kier alpha value is -1.86. The molecule has 1 aliphatic carbocycles. The number of hydrogen-bond donors (Lipinski definition) is 1. The number of nitrogens with zero attached hydrogens (tertiary/aromatic N) is 2. The van der Waals surface area contributed by atoms with E-state index in [-0.39, 0.29) is 11.9 Å². The summed E-state index contributed by atoms with van der Waals surface area (Å²) >= 11 is 1.31. The molecule has 7 heteroatoms. The van der Waals surface area contributed by atoms with Crippen molar-refractivity contribution in [3.05, 3.63) is 40.5 Å². The largest absolute Gasteiger partial charge is 0.332 e. The van der Waals surface area contributed by atoms with Crippen LogP contribution < -0.4 is 5.73 Å². The lowest BCUT2D eigenvalue weighted by molar-refractivity contribution is 0.0708. The zero-order chi connectivity index (χ0) is 17.0. The SMILES string of the molecule is Cc1nc(C(=O)N2C[C@@H]3C[C@@H]3[C@H]2CN)c(-c2ccc(F)c(F)c2)s1. The Kier molecular flexibility index (Phi) is 3.65. The molecule has 1 aromatic heterocycles. The Morgan fingerprint density at radius 2 is 2.21 bits per heavy atom. The number of likely N-dealkylation sites (tertiary alicyclic amines) is 1. The van der Waals surface area contributed by atoms with E-state index in [4.69, 9.17) is 5.73 Å². The molecule has 1 aromatic carbocycles. The molecule has 24 heavy (non-hydrogen) atoms. The number of piperidine rings is 1. The van der Waals surface area contributed by atoms with Gasteiger partial charge in [-0.2, -0.15) is 0 Å². The number of aryl methyl sites for hydroxylation is 1. The van der Waals surface area contributed by atoms with Crippen molar-refractivity contribution >= 4 is 17.2 Å². The van der Waals surface area contributed by atoms with Crippen molar-refractivity contribution in [3.63, 3.8) is 0 Å². The maximum absolute atomic E-state index is 13.6. The van der Waals surface area contributed by atoms with Gasteiger partial charge in [-0.25, -0.2) is 13.8 Å². The highest BCUT2D eigenvalue weighted by atomic mass is 32.1. The molecular formula is C17H17F2N3OS. The van der Waals surface area contributed by atoms with Crippen LogP contribution in [-0.2, 0) is 0 Å². The summed E-state index contributed by atoms with van der Waals surface area (Å²) in [6.07, 6.45) is 1.14. The lowest BCUT2D eigenvalue weighted by Gasteiger charge is -2.26. The number of hydrogen-bond acceptors (Lipinski definition) is 4. The Labute approximate surface area is 142 Å². The Morgan fingerprint density at radius 1 is 1.42 bits per heavy atom. The third kappa shape index (κ3) is 2.43. The van der Waals surface area contributed by atoms with Gasteiger partial charge in [-0.05, 0) is 42.9 Å². The van der Waals surface area contributed by atoms with Crippen LogP contribution in [0.1, 0.15) is 21.9 Å². The molecule has 4 rings (SSSR count). The van der Waals surface area contributed by atoms with Crippen LogP contribution in [0.5, 0.6) is 0 Å². The molecule has 2 aliphatic rings. The highest BCUT2D eigenvalue weighted by Crippen LogP contribution is 2.49. The van der Waals surface area contributed by atoms with Crippen LogP contribution in [-0.4, -0.2) is 34.9 Å². The summed E-state index contributed by atoms with van der Waals surface area (Å²) in [4.78, 5) is 19.7. The second-order valence-electron chi connectivity index (χ2n) is 6.46. The third-order valence-corrected chi connectivity index (χ3v) is 5.94. The molecule has 126 valence electrons. The van der Waals surface area contributed by atoms with Crippen LogP contribution >= 0.6 is 11.3 Å². The predicted molar refractivity (Wildman–Crippen MR) is 87.7 cm³/mol. The molecule has 0 spiro atoms. The van der Waals surface area contributed by atoms with Gasteiger partial charge in [0.1, 0.15) is 5.69 Å². The van der Waals surface area contributed by atoms with Crippen molar-refractivity contribution < 1.29 is 13.6 Å². The standard InChI is InChI=1S/C17H17F2N3OS/c1-8-21-15(16(24-8)9-2-3-12(18)13(19)5-9)17(23)22-7-10-4-11(10)14(22)6-20/h2-3,5,10-11,14H,4,6-7,20H2,1H3/t10-,11-,14+/m0/s1. The predicted octanol–water partition coefficient (Wildman–Crippen LogP) is 2.82. The minimum Gasteiger partial charge on any atom is -0.332 e. The quantitative estimate of drug-likeness (QED) is 0.927. The van der Waals surface area contributed by atoms with Crippen molar-refractivity contribution in [2.45, 2.75) is 19.4 Å². The molecule has 0 unspecified atom stereocenters. The first-order valence-electron chi connectivity index (χ1n) is 7.93. The zero-order valence-corrected chi connectivity index (χ0v) is 13.9. The number of nitrogens with two attached hydrogens (primary N) is 1. The number of amides is 1. The number of carbonyl (C=O) groups is 1. The smallest absolute Gasteiger partial charge is 0.274 e. The van der Waals surface area contributed by atoms with E-state index in [0.717, 1.165) is 18.6 Å². The third-order valence-electron chi connectivity index (χ3n) is 4.92. The van der Waals surface area contributed by atoms with Gasteiger partial charge in [-0.3, -0.25) is 4.79 Å². The van der Waals surface area contributed by atoms with E-state index >= 15 is 0 Å². The molecule has 0 radical (unpaired) electrons. The second-order valence-corrected chi connectivity index (χ2v) is 7.66. The van der Waals surface area contributed by atoms with E-state index in [1.807, 2.05) is 0 Å². The van der Waals surface area contributed by atoms with Gasteiger partial charge in [0.25, 0.3) is 5.91 Å². The lowest BCUT2D eigenvalue weighted by Crippen LogP contribution is -2.43. The summed E-state index contributed by atoms with van der Waals surface area (Å²) in [7, 11) is 0. The first-order chi connectivity index (χ1) is 11.5. The molecule has 1 saturated heterocycles. The molecule has 2 fully saturated rings. The van der Waals surface area contributed by atoms with Crippen molar-refractivity contribution in [1.29, 1.82) is 0 Å². The molecular weight excluding hydrogens is 332 g/mol. The zero-order valence-electron chi connectivity index (χ0n) is 13.1. The molecule has 3 atom stereocenters. The van der Waals surface area contributed by atoms with Gasteiger partial charge in [0.2, 0.25) is 0 Å². The first-order valence-corrected chi connectivity index (χ1v) is 8.75. The monoisotopic (exact) mass is 349 g/mol. The first kappa shape index (κ1) is 15.7. The molecule has 1 saturated carbocycles. The van der Waals surface area contributed by atoms with Gasteiger partial charge in [0, 0.05) is 19.1 Å². The summed E-state index contributed by atoms with van der Waals surface area (Å²) in [5.41, 5.74) is 6.62. The maximum Gasteiger partial charge on any atom is 0.274 e. The minimum absolute atomic E-state index is 0.0577. The molecule has 0 bridgehead atoms. The summed E-state index contributed by atoms with van der Waals surface area (Å²) in [5.74, 6) is -0.948. The second kappa shape index (κ2) is 5.60. The summed E-state index contributed by atoms with van der Waals surface area (Å²) < 4.78 is 26.8.